The van der Waals surface area contributed by atoms with Gasteiger partial charge >= 0.3 is 5.97 Å². The first-order valence-corrected chi connectivity index (χ1v) is 9.15. The van der Waals surface area contributed by atoms with Crippen molar-refractivity contribution in [1.29, 1.82) is 5.26 Å². The molecule has 2 aromatic carbocycles. The van der Waals surface area contributed by atoms with Crippen LogP contribution in [-0.4, -0.2) is 36.9 Å². The van der Waals surface area contributed by atoms with Gasteiger partial charge in [-0.1, -0.05) is 36.4 Å². The van der Waals surface area contributed by atoms with Crippen LogP contribution in [0.2, 0.25) is 0 Å². The maximum atomic E-state index is 12.9. The number of aromatic carboxylic acids is 1. The Kier molecular flexibility index (Phi) is 4.57. The van der Waals surface area contributed by atoms with Gasteiger partial charge in [-0.15, -0.1) is 0 Å². The van der Waals surface area contributed by atoms with Crippen LogP contribution in [0.3, 0.4) is 0 Å². The lowest BCUT2D eigenvalue weighted by Crippen LogP contribution is -2.29. The van der Waals surface area contributed by atoms with Crippen LogP contribution < -0.4 is 0 Å². The van der Waals surface area contributed by atoms with Crippen molar-refractivity contribution in [3.63, 3.8) is 0 Å². The lowest BCUT2D eigenvalue weighted by molar-refractivity contribution is 0.0696. The predicted molar refractivity (Wildman–Crippen MR) is 90.4 cm³/mol. The van der Waals surface area contributed by atoms with Gasteiger partial charge in [-0.25, -0.2) is 13.2 Å². The molecule has 0 unspecified atom stereocenters. The fourth-order valence-corrected chi connectivity index (χ4v) is 4.61. The summed E-state index contributed by atoms with van der Waals surface area (Å²) in [4.78, 5) is 11.0. The number of hydrogen-bond acceptors (Lipinski definition) is 4. The summed E-state index contributed by atoms with van der Waals surface area (Å²) in [6, 6.07) is 16.8. The highest BCUT2D eigenvalue weighted by Gasteiger charge is 2.40. The summed E-state index contributed by atoms with van der Waals surface area (Å²) >= 11 is 0. The highest BCUT2D eigenvalue weighted by Crippen LogP contribution is 2.35. The van der Waals surface area contributed by atoms with Crippen LogP contribution in [-0.2, 0) is 10.0 Å². The molecule has 0 amide bonds. The molecule has 1 aliphatic heterocycles. The predicted octanol–water partition coefficient (Wildman–Crippen LogP) is 2.31. The van der Waals surface area contributed by atoms with Crippen LogP contribution in [0.4, 0.5) is 0 Å². The molecule has 0 spiro atoms. The number of nitriles is 1. The van der Waals surface area contributed by atoms with E-state index in [9.17, 15) is 18.5 Å². The Morgan fingerprint density at radius 3 is 2.48 bits per heavy atom. The molecule has 128 valence electrons. The van der Waals surface area contributed by atoms with Crippen LogP contribution in [0.5, 0.6) is 0 Å². The minimum absolute atomic E-state index is 0.0715. The largest absolute Gasteiger partial charge is 0.478 e. The third kappa shape index (κ3) is 3.27. The van der Waals surface area contributed by atoms with E-state index in [2.05, 4.69) is 6.07 Å². The number of sulfonamides is 1. The first-order chi connectivity index (χ1) is 11.9. The maximum absolute atomic E-state index is 12.9. The van der Waals surface area contributed by atoms with Crippen LogP contribution in [0.15, 0.2) is 59.5 Å². The number of rotatable bonds is 4. The number of carboxylic acids is 1. The van der Waals surface area contributed by atoms with Crippen molar-refractivity contribution in [1.82, 2.24) is 4.31 Å². The summed E-state index contributed by atoms with van der Waals surface area (Å²) in [5, 5.41) is 18.5. The third-order valence-electron chi connectivity index (χ3n) is 4.40. The average molecular weight is 356 g/mol. The normalized spacial score (nSPS) is 20.9. The highest BCUT2D eigenvalue weighted by atomic mass is 32.2. The summed E-state index contributed by atoms with van der Waals surface area (Å²) in [6.07, 6.45) is 0. The molecule has 0 saturated carbocycles. The van der Waals surface area contributed by atoms with Crippen LogP contribution in [0.1, 0.15) is 21.8 Å². The van der Waals surface area contributed by atoms with Crippen molar-refractivity contribution in [3.8, 4) is 6.07 Å². The quantitative estimate of drug-likeness (QED) is 0.906. The van der Waals surface area contributed by atoms with Crippen molar-refractivity contribution < 1.29 is 18.3 Å². The zero-order valence-electron chi connectivity index (χ0n) is 13.2. The molecular weight excluding hydrogens is 340 g/mol. The molecule has 7 heteroatoms. The van der Waals surface area contributed by atoms with Gasteiger partial charge in [-0.05, 0) is 23.8 Å². The van der Waals surface area contributed by atoms with E-state index in [4.69, 9.17) is 5.11 Å². The second-order valence-electron chi connectivity index (χ2n) is 5.91. The SMILES string of the molecule is N#C[C@@H]1CN(S(=O)(=O)c2cccc(C(=O)O)c2)C[C@H]1c1ccccc1. The molecule has 2 aromatic rings. The van der Waals surface area contributed by atoms with E-state index in [1.165, 1.54) is 22.5 Å². The fraction of sp³-hybridized carbons (Fsp3) is 0.222. The molecule has 0 aliphatic carbocycles. The van der Waals surface area contributed by atoms with Gasteiger partial charge in [0, 0.05) is 19.0 Å². The van der Waals surface area contributed by atoms with E-state index >= 15 is 0 Å². The average Bonchev–Trinajstić information content (AvgIpc) is 3.08. The maximum Gasteiger partial charge on any atom is 0.335 e. The number of carboxylic acid groups (broad SMARTS) is 1. The fourth-order valence-electron chi connectivity index (χ4n) is 3.07. The first-order valence-electron chi connectivity index (χ1n) is 7.71. The standard InChI is InChI=1S/C18H16N2O4S/c19-10-15-11-20(12-17(15)13-5-2-1-3-6-13)25(23,24)16-8-4-7-14(9-16)18(21)22/h1-9,15,17H,11-12H2,(H,21,22)/t15-,17+/m1/s1. The Balaban J connectivity index is 1.93. The summed E-state index contributed by atoms with van der Waals surface area (Å²) in [6.45, 7) is 0.289. The molecule has 3 rings (SSSR count). The van der Waals surface area contributed by atoms with E-state index < -0.39 is 21.9 Å². The van der Waals surface area contributed by atoms with Crippen LogP contribution >= 0.6 is 0 Å². The Morgan fingerprint density at radius 1 is 1.12 bits per heavy atom. The third-order valence-corrected chi connectivity index (χ3v) is 6.23. The molecule has 2 atom stereocenters. The summed E-state index contributed by atoms with van der Waals surface area (Å²) in [7, 11) is -3.86. The molecule has 1 fully saturated rings. The zero-order valence-corrected chi connectivity index (χ0v) is 14.1. The van der Waals surface area contributed by atoms with Gasteiger partial charge in [0.15, 0.2) is 0 Å². The molecule has 0 bridgehead atoms. The Labute approximate surface area is 146 Å². The molecule has 6 nitrogen and oxygen atoms in total. The zero-order chi connectivity index (χ0) is 18.0. The molecule has 1 heterocycles. The Hall–Kier alpha value is -2.69. The monoisotopic (exact) mass is 356 g/mol. The number of carbonyl (C=O) groups is 1. The minimum Gasteiger partial charge on any atom is -0.478 e. The van der Waals surface area contributed by atoms with Gasteiger partial charge in [0.05, 0.1) is 22.4 Å². The van der Waals surface area contributed by atoms with Gasteiger partial charge in [-0.3, -0.25) is 0 Å². The van der Waals surface area contributed by atoms with E-state index in [1.54, 1.807) is 0 Å². The molecule has 1 aliphatic rings. The topological polar surface area (TPSA) is 98.5 Å². The van der Waals surface area contributed by atoms with Gasteiger partial charge in [-0.2, -0.15) is 9.57 Å². The van der Waals surface area contributed by atoms with Crippen molar-refractivity contribution in [2.24, 2.45) is 5.92 Å². The van der Waals surface area contributed by atoms with Crippen molar-refractivity contribution in [2.75, 3.05) is 13.1 Å². The molecule has 1 N–H and O–H groups in total. The lowest BCUT2D eigenvalue weighted by atomic mass is 9.90. The number of benzene rings is 2. The first kappa shape index (κ1) is 17.1. The summed E-state index contributed by atoms with van der Waals surface area (Å²) in [5.74, 6) is -1.83. The smallest absolute Gasteiger partial charge is 0.335 e. The highest BCUT2D eigenvalue weighted by molar-refractivity contribution is 7.89. The Bertz CT molecular complexity index is 935. The van der Waals surface area contributed by atoms with E-state index in [0.717, 1.165) is 11.6 Å². The second-order valence-corrected chi connectivity index (χ2v) is 7.85. The van der Waals surface area contributed by atoms with Crippen molar-refractivity contribution >= 4 is 16.0 Å². The van der Waals surface area contributed by atoms with Crippen molar-refractivity contribution in [3.05, 3.63) is 65.7 Å². The summed E-state index contributed by atoms with van der Waals surface area (Å²) < 4.78 is 27.0. The minimum atomic E-state index is -3.86. The van der Waals surface area contributed by atoms with Gasteiger partial charge in [0.1, 0.15) is 0 Å². The number of hydrogen-bond donors (Lipinski definition) is 1. The molecule has 25 heavy (non-hydrogen) atoms. The Morgan fingerprint density at radius 2 is 1.84 bits per heavy atom. The van der Waals surface area contributed by atoms with Crippen molar-refractivity contribution in [2.45, 2.75) is 10.8 Å². The van der Waals surface area contributed by atoms with Gasteiger partial charge < -0.3 is 5.11 Å². The lowest BCUT2D eigenvalue weighted by Gasteiger charge is -2.17. The van der Waals surface area contributed by atoms with Gasteiger partial charge in [0.25, 0.3) is 0 Å². The van der Waals surface area contributed by atoms with E-state index in [0.29, 0.717) is 0 Å². The van der Waals surface area contributed by atoms with E-state index in [-0.39, 0.29) is 29.5 Å². The van der Waals surface area contributed by atoms with Gasteiger partial charge in [0.2, 0.25) is 10.0 Å². The summed E-state index contributed by atoms with van der Waals surface area (Å²) in [5.41, 5.74) is 0.836. The molecule has 0 aromatic heterocycles. The molecular formula is C18H16N2O4S. The van der Waals surface area contributed by atoms with E-state index in [1.807, 2.05) is 30.3 Å². The van der Waals surface area contributed by atoms with Crippen LogP contribution in [0.25, 0.3) is 0 Å². The second kappa shape index (κ2) is 6.67. The molecule has 1 saturated heterocycles. The van der Waals surface area contributed by atoms with Crippen LogP contribution in [0, 0.1) is 17.2 Å². The number of nitrogens with zero attached hydrogens (tertiary/aromatic N) is 2. The molecule has 0 radical (unpaired) electrons.